The normalized spacial score (nSPS) is 13.8. The highest BCUT2D eigenvalue weighted by molar-refractivity contribution is 8.13. The van der Waals surface area contributed by atoms with Crippen molar-refractivity contribution >= 4 is 22.8 Å². The zero-order valence-corrected chi connectivity index (χ0v) is 11.9. The van der Waals surface area contributed by atoms with Crippen molar-refractivity contribution in [1.29, 1.82) is 0 Å². The molecule has 3 N–H and O–H groups in total. The van der Waals surface area contributed by atoms with Gasteiger partial charge in [-0.1, -0.05) is 11.8 Å². The van der Waals surface area contributed by atoms with E-state index >= 15 is 0 Å². The molecule has 0 saturated carbocycles. The summed E-state index contributed by atoms with van der Waals surface area (Å²) in [5.74, 6) is -4.02. The first-order chi connectivity index (χ1) is 9.73. The van der Waals surface area contributed by atoms with Crippen LogP contribution in [-0.2, 0) is 4.79 Å². The van der Waals surface area contributed by atoms with E-state index in [1.165, 1.54) is 6.92 Å². The molecular weight excluding hydrogens is 306 g/mol. The first kappa shape index (κ1) is 17.5. The van der Waals surface area contributed by atoms with Gasteiger partial charge in [-0.15, -0.1) is 0 Å². The van der Waals surface area contributed by atoms with E-state index < -0.39 is 40.9 Å². The predicted molar refractivity (Wildman–Crippen MR) is 72.0 cm³/mol. The maximum atomic E-state index is 13.2. The monoisotopic (exact) mass is 320 g/mol. The van der Waals surface area contributed by atoms with E-state index in [9.17, 15) is 28.6 Å². The number of halogens is 2. The molecule has 2 atom stereocenters. The van der Waals surface area contributed by atoms with Crippen molar-refractivity contribution in [3.63, 3.8) is 0 Å². The van der Waals surface area contributed by atoms with Crippen LogP contribution in [0, 0.1) is 11.6 Å². The fraction of sp³-hybridized carbons (Fsp3) is 0.385. The van der Waals surface area contributed by atoms with Crippen LogP contribution in [0.25, 0.3) is 0 Å². The van der Waals surface area contributed by atoms with Gasteiger partial charge in [-0.25, -0.2) is 13.6 Å². The summed E-state index contributed by atoms with van der Waals surface area (Å²) in [6.07, 6.45) is -3.11. The number of carbonyl (C=O) groups is 2. The summed E-state index contributed by atoms with van der Waals surface area (Å²) < 4.78 is 26.2. The van der Waals surface area contributed by atoms with E-state index in [1.807, 2.05) is 0 Å². The minimum Gasteiger partial charge on any atom is -0.478 e. The summed E-state index contributed by atoms with van der Waals surface area (Å²) in [5, 5.41) is 28.4. The topological polar surface area (TPSA) is 94.8 Å². The number of thioether (sulfide) groups is 1. The molecule has 5 nitrogen and oxygen atoms in total. The van der Waals surface area contributed by atoms with Gasteiger partial charge in [0, 0.05) is 18.2 Å². The fourth-order valence-electron chi connectivity index (χ4n) is 1.68. The molecule has 1 aromatic rings. The van der Waals surface area contributed by atoms with Crippen LogP contribution in [-0.4, -0.2) is 38.3 Å². The lowest BCUT2D eigenvalue weighted by Crippen LogP contribution is -2.22. The van der Waals surface area contributed by atoms with Gasteiger partial charge in [-0.3, -0.25) is 4.79 Å². The highest BCUT2D eigenvalue weighted by atomic mass is 32.2. The smallest absolute Gasteiger partial charge is 0.336 e. The van der Waals surface area contributed by atoms with Gasteiger partial charge in [0.2, 0.25) is 0 Å². The molecule has 0 spiro atoms. The molecule has 0 fully saturated rings. The van der Waals surface area contributed by atoms with Crippen molar-refractivity contribution in [2.75, 3.05) is 5.75 Å². The third-order valence-electron chi connectivity index (χ3n) is 2.72. The van der Waals surface area contributed by atoms with Crippen LogP contribution in [0.2, 0.25) is 0 Å². The molecule has 8 heteroatoms. The minimum atomic E-state index is -1.70. The molecule has 0 radical (unpaired) electrons. The molecule has 21 heavy (non-hydrogen) atoms. The van der Waals surface area contributed by atoms with E-state index in [0.29, 0.717) is 12.1 Å². The number of hydrogen-bond acceptors (Lipinski definition) is 5. The summed E-state index contributed by atoms with van der Waals surface area (Å²) in [5.41, 5.74) is -1.04. The Morgan fingerprint density at radius 3 is 2.33 bits per heavy atom. The van der Waals surface area contributed by atoms with Crippen LogP contribution in [0.4, 0.5) is 8.78 Å². The molecule has 0 amide bonds. The summed E-state index contributed by atoms with van der Waals surface area (Å²) in [6.45, 7) is 1.34. The van der Waals surface area contributed by atoms with Crippen molar-refractivity contribution in [2.24, 2.45) is 0 Å². The first-order valence-corrected chi connectivity index (χ1v) is 6.94. The van der Waals surface area contributed by atoms with Crippen molar-refractivity contribution < 1.29 is 33.7 Å². The molecule has 1 aromatic carbocycles. The first-order valence-electron chi connectivity index (χ1n) is 5.95. The molecular formula is C13H14F2O5S. The molecule has 0 saturated heterocycles. The number of benzene rings is 1. The van der Waals surface area contributed by atoms with Crippen LogP contribution >= 0.6 is 11.8 Å². The number of carbonyl (C=O) groups excluding carboxylic acids is 1. The fourth-order valence-corrected chi connectivity index (χ4v) is 2.33. The Labute approximate surface area is 123 Å². The molecule has 0 aliphatic rings. The zero-order chi connectivity index (χ0) is 16.2. The second-order valence-electron chi connectivity index (χ2n) is 4.30. The van der Waals surface area contributed by atoms with E-state index in [-0.39, 0.29) is 17.3 Å². The summed E-state index contributed by atoms with van der Waals surface area (Å²) >= 11 is 0.928. The number of aliphatic hydroxyl groups excluding tert-OH is 2. The van der Waals surface area contributed by atoms with Gasteiger partial charge in [-0.05, 0) is 18.6 Å². The Balaban J connectivity index is 2.95. The number of carboxylic acid groups (broad SMARTS) is 1. The molecule has 0 aromatic heterocycles. The third-order valence-corrected chi connectivity index (χ3v) is 3.57. The van der Waals surface area contributed by atoms with Crippen molar-refractivity contribution in [3.8, 4) is 0 Å². The third kappa shape index (κ3) is 4.76. The van der Waals surface area contributed by atoms with Gasteiger partial charge in [0.1, 0.15) is 6.10 Å². The largest absolute Gasteiger partial charge is 0.478 e. The summed E-state index contributed by atoms with van der Waals surface area (Å²) in [6, 6.07) is 0.998. The molecule has 0 bridgehead atoms. The summed E-state index contributed by atoms with van der Waals surface area (Å²) in [4.78, 5) is 21.7. The number of hydrogen-bond donors (Lipinski definition) is 3. The Morgan fingerprint density at radius 1 is 1.24 bits per heavy atom. The van der Waals surface area contributed by atoms with Crippen LogP contribution in [0.5, 0.6) is 0 Å². The Hall–Kier alpha value is -1.51. The average Bonchev–Trinajstić information content (AvgIpc) is 2.39. The van der Waals surface area contributed by atoms with Crippen LogP contribution in [0.3, 0.4) is 0 Å². The standard InChI is InChI=1S/C13H14F2O5S/c1-6(16)21-3-2-11(17)12(18)7-4-9(14)10(15)5-8(7)13(19)20/h4-5,11-12,17-18H,2-3H2,1H3,(H,19,20). The van der Waals surface area contributed by atoms with Crippen molar-refractivity contribution in [3.05, 3.63) is 34.9 Å². The van der Waals surface area contributed by atoms with E-state index in [2.05, 4.69) is 0 Å². The van der Waals surface area contributed by atoms with Crippen LogP contribution in [0.15, 0.2) is 12.1 Å². The molecule has 116 valence electrons. The quantitative estimate of drug-likeness (QED) is 0.739. The Kier molecular flexibility index (Phi) is 6.25. The van der Waals surface area contributed by atoms with Gasteiger partial charge >= 0.3 is 5.97 Å². The van der Waals surface area contributed by atoms with Gasteiger partial charge in [0.05, 0.1) is 11.7 Å². The number of aromatic carboxylic acids is 1. The lowest BCUT2D eigenvalue weighted by molar-refractivity contribution is -0.109. The number of aliphatic hydroxyl groups is 2. The van der Waals surface area contributed by atoms with Gasteiger partial charge in [0.15, 0.2) is 16.7 Å². The van der Waals surface area contributed by atoms with Crippen LogP contribution in [0.1, 0.15) is 35.4 Å². The predicted octanol–water partition coefficient (Wildman–Crippen LogP) is 1.73. The van der Waals surface area contributed by atoms with Gasteiger partial charge in [-0.2, -0.15) is 0 Å². The molecule has 0 aliphatic carbocycles. The number of carboxylic acids is 1. The Bertz CT molecular complexity index is 550. The number of rotatable bonds is 6. The molecule has 1 rings (SSSR count). The average molecular weight is 320 g/mol. The minimum absolute atomic E-state index is 0.0104. The SMILES string of the molecule is CC(=O)SCCC(O)C(O)c1cc(F)c(F)cc1C(=O)O. The second kappa shape index (κ2) is 7.48. The van der Waals surface area contributed by atoms with Gasteiger partial charge in [0.25, 0.3) is 0 Å². The zero-order valence-electron chi connectivity index (χ0n) is 11.0. The maximum absolute atomic E-state index is 13.2. The lowest BCUT2D eigenvalue weighted by Gasteiger charge is -2.19. The van der Waals surface area contributed by atoms with Crippen LogP contribution < -0.4 is 0 Å². The van der Waals surface area contributed by atoms with Crippen molar-refractivity contribution in [2.45, 2.75) is 25.6 Å². The highest BCUT2D eigenvalue weighted by Crippen LogP contribution is 2.26. The summed E-state index contributed by atoms with van der Waals surface area (Å²) in [7, 11) is 0. The van der Waals surface area contributed by atoms with Crippen molar-refractivity contribution in [1.82, 2.24) is 0 Å². The molecule has 2 unspecified atom stereocenters. The maximum Gasteiger partial charge on any atom is 0.336 e. The Morgan fingerprint density at radius 2 is 1.81 bits per heavy atom. The van der Waals surface area contributed by atoms with Gasteiger partial charge < -0.3 is 15.3 Å². The highest BCUT2D eigenvalue weighted by Gasteiger charge is 2.25. The molecule has 0 heterocycles. The molecule has 0 aliphatic heterocycles. The van der Waals surface area contributed by atoms with E-state index in [4.69, 9.17) is 5.11 Å². The lowest BCUT2D eigenvalue weighted by atomic mass is 9.97. The second-order valence-corrected chi connectivity index (χ2v) is 5.57. The van der Waals surface area contributed by atoms with E-state index in [1.54, 1.807) is 0 Å². The van der Waals surface area contributed by atoms with E-state index in [0.717, 1.165) is 11.8 Å².